The van der Waals surface area contributed by atoms with Crippen LogP contribution in [-0.2, 0) is 9.53 Å². The van der Waals surface area contributed by atoms with Gasteiger partial charge in [-0.05, 0) is 17.7 Å². The lowest BCUT2D eigenvalue weighted by Crippen LogP contribution is -2.11. The maximum atomic E-state index is 12.9. The molecule has 0 aliphatic heterocycles. The van der Waals surface area contributed by atoms with E-state index in [1.54, 1.807) is 0 Å². The topological polar surface area (TPSA) is 43.4 Å². The first-order valence-electron chi connectivity index (χ1n) is 4.54. The van der Waals surface area contributed by atoms with E-state index in [9.17, 15) is 14.0 Å². The molecule has 0 amide bonds. The van der Waals surface area contributed by atoms with Crippen LogP contribution >= 0.6 is 0 Å². The molecule has 1 atom stereocenters. The van der Waals surface area contributed by atoms with E-state index in [1.807, 2.05) is 0 Å². The van der Waals surface area contributed by atoms with Crippen LogP contribution in [0, 0.1) is 5.82 Å². The second-order valence-electron chi connectivity index (χ2n) is 3.43. The van der Waals surface area contributed by atoms with E-state index in [0.717, 1.165) is 0 Å². The predicted octanol–water partition coefficient (Wildman–Crippen LogP) is 1.67. The molecule has 0 spiro atoms. The third-order valence-electron chi connectivity index (χ3n) is 2.57. The van der Waals surface area contributed by atoms with Gasteiger partial charge in [0.15, 0.2) is 5.78 Å². The normalized spacial score (nSPS) is 18.8. The molecule has 1 aliphatic carbocycles. The highest BCUT2D eigenvalue weighted by molar-refractivity contribution is 6.05. The summed E-state index contributed by atoms with van der Waals surface area (Å²) in [5, 5.41) is 0. The summed E-state index contributed by atoms with van der Waals surface area (Å²) in [5.41, 5.74) is 0.860. The lowest BCUT2D eigenvalue weighted by atomic mass is 10.0. The first kappa shape index (κ1) is 9.83. The molecule has 2 rings (SSSR count). The summed E-state index contributed by atoms with van der Waals surface area (Å²) in [4.78, 5) is 22.8. The minimum atomic E-state index is -0.571. The highest BCUT2D eigenvalue weighted by Crippen LogP contribution is 2.34. The molecule has 0 aromatic heterocycles. The van der Waals surface area contributed by atoms with Gasteiger partial charge in [-0.1, -0.05) is 6.07 Å². The number of ketones is 1. The third-order valence-corrected chi connectivity index (χ3v) is 2.57. The molecule has 78 valence electrons. The second kappa shape index (κ2) is 3.46. The Bertz CT molecular complexity index is 439. The van der Waals surface area contributed by atoms with Gasteiger partial charge >= 0.3 is 5.97 Å². The van der Waals surface area contributed by atoms with Crippen molar-refractivity contribution in [1.82, 2.24) is 0 Å². The number of ether oxygens (including phenoxy) is 1. The van der Waals surface area contributed by atoms with Gasteiger partial charge in [-0.2, -0.15) is 0 Å². The first-order chi connectivity index (χ1) is 7.13. The molecule has 1 aromatic rings. The zero-order valence-electron chi connectivity index (χ0n) is 8.12. The van der Waals surface area contributed by atoms with Crippen LogP contribution in [0.25, 0.3) is 0 Å². The van der Waals surface area contributed by atoms with Gasteiger partial charge in [0.05, 0.1) is 13.0 Å². The molecular formula is C11H9FO3. The fraction of sp³-hybridized carbons (Fsp3) is 0.273. The molecule has 0 radical (unpaired) electrons. The van der Waals surface area contributed by atoms with E-state index in [-0.39, 0.29) is 12.2 Å². The van der Waals surface area contributed by atoms with E-state index in [1.165, 1.54) is 25.3 Å². The largest absolute Gasteiger partial charge is 0.469 e. The maximum Gasteiger partial charge on any atom is 0.313 e. The SMILES string of the molecule is COC(=O)C1CC(=O)c2cc(F)ccc21. The Morgan fingerprint density at radius 2 is 2.27 bits per heavy atom. The molecule has 0 saturated heterocycles. The van der Waals surface area contributed by atoms with Crippen LogP contribution in [0.4, 0.5) is 4.39 Å². The number of esters is 1. The average molecular weight is 208 g/mol. The van der Waals surface area contributed by atoms with E-state index < -0.39 is 17.7 Å². The van der Waals surface area contributed by atoms with Crippen molar-refractivity contribution in [2.75, 3.05) is 7.11 Å². The number of Topliss-reactive ketones (excluding diaryl/α,β-unsaturated/α-hetero) is 1. The summed E-state index contributed by atoms with van der Waals surface area (Å²) in [6, 6.07) is 3.88. The smallest absolute Gasteiger partial charge is 0.313 e. The Morgan fingerprint density at radius 3 is 2.93 bits per heavy atom. The summed E-state index contributed by atoms with van der Waals surface area (Å²) in [7, 11) is 1.27. The molecule has 15 heavy (non-hydrogen) atoms. The predicted molar refractivity (Wildman–Crippen MR) is 50.1 cm³/mol. The Kier molecular flexibility index (Phi) is 2.26. The number of hydrogen-bond donors (Lipinski definition) is 0. The standard InChI is InChI=1S/C11H9FO3/c1-15-11(14)9-5-10(13)8-4-6(12)2-3-7(8)9/h2-4,9H,5H2,1H3. The number of methoxy groups -OCH3 is 1. The molecule has 1 aliphatic rings. The molecule has 3 nitrogen and oxygen atoms in total. The van der Waals surface area contributed by atoms with Crippen LogP contribution in [0.2, 0.25) is 0 Å². The zero-order valence-corrected chi connectivity index (χ0v) is 8.12. The van der Waals surface area contributed by atoms with Gasteiger partial charge in [-0.3, -0.25) is 9.59 Å². The Morgan fingerprint density at radius 1 is 1.53 bits per heavy atom. The van der Waals surface area contributed by atoms with Crippen molar-refractivity contribution in [1.29, 1.82) is 0 Å². The fourth-order valence-electron chi connectivity index (χ4n) is 1.83. The van der Waals surface area contributed by atoms with Crippen LogP contribution in [-0.4, -0.2) is 18.9 Å². The molecule has 4 heteroatoms. The van der Waals surface area contributed by atoms with Crippen molar-refractivity contribution >= 4 is 11.8 Å². The van der Waals surface area contributed by atoms with Gasteiger partial charge in [0.2, 0.25) is 0 Å². The Balaban J connectivity index is 2.47. The Hall–Kier alpha value is -1.71. The summed E-state index contributed by atoms with van der Waals surface area (Å²) >= 11 is 0. The van der Waals surface area contributed by atoms with Crippen LogP contribution in [0.1, 0.15) is 28.3 Å². The zero-order chi connectivity index (χ0) is 11.0. The van der Waals surface area contributed by atoms with E-state index in [0.29, 0.717) is 11.1 Å². The minimum absolute atomic E-state index is 0.0749. The van der Waals surface area contributed by atoms with Crippen molar-refractivity contribution in [2.45, 2.75) is 12.3 Å². The Labute approximate surface area is 85.9 Å². The van der Waals surface area contributed by atoms with Crippen molar-refractivity contribution in [3.8, 4) is 0 Å². The summed E-state index contributed by atoms with van der Waals surface area (Å²) in [6.07, 6.45) is 0.0749. The van der Waals surface area contributed by atoms with Gasteiger partial charge in [-0.25, -0.2) is 4.39 Å². The van der Waals surface area contributed by atoms with Crippen LogP contribution in [0.15, 0.2) is 18.2 Å². The quantitative estimate of drug-likeness (QED) is 0.659. The van der Waals surface area contributed by atoms with Gasteiger partial charge in [-0.15, -0.1) is 0 Å². The number of rotatable bonds is 1. The molecule has 0 heterocycles. The molecule has 1 aromatic carbocycles. The number of carbonyl (C=O) groups excluding carboxylic acids is 2. The molecule has 0 fully saturated rings. The fourth-order valence-corrected chi connectivity index (χ4v) is 1.83. The highest BCUT2D eigenvalue weighted by atomic mass is 19.1. The van der Waals surface area contributed by atoms with Gasteiger partial charge < -0.3 is 4.74 Å². The highest BCUT2D eigenvalue weighted by Gasteiger charge is 2.35. The van der Waals surface area contributed by atoms with Crippen molar-refractivity contribution in [3.63, 3.8) is 0 Å². The third kappa shape index (κ3) is 1.52. The van der Waals surface area contributed by atoms with Crippen LogP contribution in [0.5, 0.6) is 0 Å². The van der Waals surface area contributed by atoms with E-state index in [4.69, 9.17) is 0 Å². The van der Waals surface area contributed by atoms with Gasteiger partial charge in [0.25, 0.3) is 0 Å². The molecule has 0 bridgehead atoms. The number of fused-ring (bicyclic) bond motifs is 1. The monoisotopic (exact) mass is 208 g/mol. The average Bonchev–Trinajstić information content (AvgIpc) is 2.55. The number of halogens is 1. The first-order valence-corrected chi connectivity index (χ1v) is 4.54. The van der Waals surface area contributed by atoms with E-state index >= 15 is 0 Å². The van der Waals surface area contributed by atoms with Gasteiger partial charge in [0.1, 0.15) is 5.82 Å². The second-order valence-corrected chi connectivity index (χ2v) is 3.43. The number of hydrogen-bond acceptors (Lipinski definition) is 3. The number of carbonyl (C=O) groups is 2. The van der Waals surface area contributed by atoms with Crippen molar-refractivity contribution < 1.29 is 18.7 Å². The summed E-state index contributed by atoms with van der Waals surface area (Å²) < 4.78 is 17.5. The molecule has 0 N–H and O–H groups in total. The van der Waals surface area contributed by atoms with E-state index in [2.05, 4.69) is 4.74 Å². The number of benzene rings is 1. The van der Waals surface area contributed by atoms with Crippen LogP contribution in [0.3, 0.4) is 0 Å². The molecule has 0 saturated carbocycles. The van der Waals surface area contributed by atoms with Crippen molar-refractivity contribution in [2.24, 2.45) is 0 Å². The lowest BCUT2D eigenvalue weighted by molar-refractivity contribution is -0.142. The van der Waals surface area contributed by atoms with Crippen molar-refractivity contribution in [3.05, 3.63) is 35.1 Å². The summed E-state index contributed by atoms with van der Waals surface area (Å²) in [6.45, 7) is 0. The summed E-state index contributed by atoms with van der Waals surface area (Å²) in [5.74, 6) is -1.70. The lowest BCUT2D eigenvalue weighted by Gasteiger charge is -2.07. The minimum Gasteiger partial charge on any atom is -0.469 e. The maximum absolute atomic E-state index is 12.9. The van der Waals surface area contributed by atoms with Crippen LogP contribution < -0.4 is 0 Å². The van der Waals surface area contributed by atoms with Gasteiger partial charge in [0, 0.05) is 12.0 Å². The molecular weight excluding hydrogens is 199 g/mol. The molecule has 1 unspecified atom stereocenters.